The number of anilines is 1. The molecule has 1 fully saturated rings. The topological polar surface area (TPSA) is 92.9 Å². The summed E-state index contributed by atoms with van der Waals surface area (Å²) < 4.78 is 12.0. The number of aliphatic hydroxyl groups is 1. The number of furan rings is 1. The number of methoxy groups -OCH3 is 1. The third-order valence-electron chi connectivity index (χ3n) is 5.56. The van der Waals surface area contributed by atoms with Gasteiger partial charge in [0.2, 0.25) is 0 Å². The highest BCUT2D eigenvalue weighted by Gasteiger charge is 2.49. The number of benzene rings is 2. The van der Waals surface area contributed by atoms with Gasteiger partial charge in [0, 0.05) is 5.56 Å². The normalized spacial score (nSPS) is 17.8. The van der Waals surface area contributed by atoms with Crippen LogP contribution in [0.2, 0.25) is 0 Å². The zero-order valence-electron chi connectivity index (χ0n) is 18.2. The molecule has 0 aliphatic carbocycles. The van der Waals surface area contributed by atoms with Gasteiger partial charge in [-0.3, -0.25) is 14.5 Å². The number of amides is 1. The standard InChI is InChI=1S/C25H20N2O5S/c1-13-7-9-17-19(11-13)33-25(26-17)27-21(18-10-8-14(2)32-18)20(23(29)24(27)30)22(28)15-5-4-6-16(12-15)31-3/h4-12,21,28H,1-3H3. The fraction of sp³-hybridized carbons (Fsp3) is 0.160. The van der Waals surface area contributed by atoms with Gasteiger partial charge in [0.05, 0.1) is 22.9 Å². The number of hydrogen-bond acceptors (Lipinski definition) is 7. The average molecular weight is 461 g/mol. The van der Waals surface area contributed by atoms with Crippen molar-refractivity contribution in [2.24, 2.45) is 0 Å². The molecule has 7 nitrogen and oxygen atoms in total. The predicted molar refractivity (Wildman–Crippen MR) is 126 cm³/mol. The van der Waals surface area contributed by atoms with Crippen molar-refractivity contribution in [2.45, 2.75) is 19.9 Å². The third kappa shape index (κ3) is 3.48. The van der Waals surface area contributed by atoms with E-state index in [1.165, 1.54) is 23.3 Å². The van der Waals surface area contributed by atoms with Crippen molar-refractivity contribution in [3.8, 4) is 5.75 Å². The number of fused-ring (bicyclic) bond motifs is 1. The molecule has 8 heteroatoms. The van der Waals surface area contributed by atoms with Crippen LogP contribution in [0.25, 0.3) is 16.0 Å². The molecule has 1 aliphatic rings. The van der Waals surface area contributed by atoms with Crippen molar-refractivity contribution in [1.29, 1.82) is 0 Å². The number of carbonyl (C=O) groups excluding carboxylic acids is 2. The molecule has 0 radical (unpaired) electrons. The lowest BCUT2D eigenvalue weighted by Crippen LogP contribution is -2.29. The first-order valence-electron chi connectivity index (χ1n) is 10.3. The summed E-state index contributed by atoms with van der Waals surface area (Å²) in [6, 6.07) is 15.0. The number of aryl methyl sites for hydroxylation is 2. The van der Waals surface area contributed by atoms with Crippen molar-refractivity contribution < 1.29 is 23.8 Å². The van der Waals surface area contributed by atoms with Crippen LogP contribution in [0.4, 0.5) is 5.13 Å². The Hall–Kier alpha value is -3.91. The number of Topliss-reactive ketones (excluding diaryl/α,β-unsaturated/α-hetero) is 1. The second-order valence-corrected chi connectivity index (χ2v) is 8.83. The summed E-state index contributed by atoms with van der Waals surface area (Å²) in [4.78, 5) is 32.4. The molecular formula is C25H20N2O5S. The summed E-state index contributed by atoms with van der Waals surface area (Å²) in [6.45, 7) is 3.75. The Morgan fingerprint density at radius 1 is 1.12 bits per heavy atom. The monoisotopic (exact) mass is 460 g/mol. The first-order valence-corrected chi connectivity index (χ1v) is 11.1. The van der Waals surface area contributed by atoms with E-state index in [0.717, 1.165) is 15.8 Å². The summed E-state index contributed by atoms with van der Waals surface area (Å²) >= 11 is 1.31. The van der Waals surface area contributed by atoms with Crippen LogP contribution in [0.3, 0.4) is 0 Å². The molecule has 1 amide bonds. The number of aliphatic hydroxyl groups excluding tert-OH is 1. The zero-order valence-corrected chi connectivity index (χ0v) is 19.0. The highest BCUT2D eigenvalue weighted by molar-refractivity contribution is 7.22. The van der Waals surface area contributed by atoms with E-state index < -0.39 is 17.7 Å². The Morgan fingerprint density at radius 2 is 1.94 bits per heavy atom. The lowest BCUT2D eigenvalue weighted by molar-refractivity contribution is -0.132. The minimum absolute atomic E-state index is 0.0574. The van der Waals surface area contributed by atoms with Crippen molar-refractivity contribution in [3.05, 3.63) is 82.8 Å². The number of hydrogen-bond donors (Lipinski definition) is 1. The molecular weight excluding hydrogens is 440 g/mol. The zero-order chi connectivity index (χ0) is 23.3. The van der Waals surface area contributed by atoms with E-state index >= 15 is 0 Å². The number of nitrogens with zero attached hydrogens (tertiary/aromatic N) is 2. The number of carbonyl (C=O) groups is 2. The molecule has 2 aromatic carbocycles. The van der Waals surface area contributed by atoms with Gasteiger partial charge in [-0.1, -0.05) is 29.5 Å². The van der Waals surface area contributed by atoms with Crippen molar-refractivity contribution in [3.63, 3.8) is 0 Å². The summed E-state index contributed by atoms with van der Waals surface area (Å²) in [5.74, 6) is -0.367. The molecule has 0 spiro atoms. The lowest BCUT2D eigenvalue weighted by Gasteiger charge is -2.20. The molecule has 4 aromatic rings. The van der Waals surface area contributed by atoms with Crippen LogP contribution in [0.5, 0.6) is 5.75 Å². The Bertz CT molecular complexity index is 1450. The first kappa shape index (κ1) is 21.0. The fourth-order valence-electron chi connectivity index (χ4n) is 3.95. The van der Waals surface area contributed by atoms with Crippen molar-refractivity contribution in [2.75, 3.05) is 12.0 Å². The summed E-state index contributed by atoms with van der Waals surface area (Å²) in [5, 5.41) is 11.5. The molecule has 1 saturated heterocycles. The van der Waals surface area contributed by atoms with Crippen LogP contribution in [0.15, 0.2) is 64.6 Å². The van der Waals surface area contributed by atoms with Crippen molar-refractivity contribution >= 4 is 44.1 Å². The molecule has 5 rings (SSSR count). The van der Waals surface area contributed by atoms with E-state index in [1.54, 1.807) is 43.3 Å². The summed E-state index contributed by atoms with van der Waals surface area (Å²) in [5.41, 5.74) is 2.10. The minimum atomic E-state index is -0.952. The maximum Gasteiger partial charge on any atom is 0.302 e. The van der Waals surface area contributed by atoms with Gasteiger partial charge in [-0.15, -0.1) is 0 Å². The molecule has 1 unspecified atom stereocenters. The van der Waals surface area contributed by atoms with Gasteiger partial charge < -0.3 is 14.3 Å². The quantitative estimate of drug-likeness (QED) is 0.257. The number of ketones is 1. The van der Waals surface area contributed by atoms with Crippen molar-refractivity contribution in [1.82, 2.24) is 4.98 Å². The number of aromatic nitrogens is 1. The van der Waals surface area contributed by atoms with Gasteiger partial charge in [-0.05, 0) is 55.8 Å². The first-order chi connectivity index (χ1) is 15.9. The molecule has 166 valence electrons. The van der Waals surface area contributed by atoms with Gasteiger partial charge in [0.1, 0.15) is 29.1 Å². The van der Waals surface area contributed by atoms with Crippen LogP contribution in [-0.2, 0) is 9.59 Å². The fourth-order valence-corrected chi connectivity index (χ4v) is 5.04. The van der Waals surface area contributed by atoms with Crippen LogP contribution in [-0.4, -0.2) is 28.9 Å². The summed E-state index contributed by atoms with van der Waals surface area (Å²) in [6.07, 6.45) is 0. The smallest absolute Gasteiger partial charge is 0.302 e. The number of thiazole rings is 1. The molecule has 1 atom stereocenters. The molecule has 1 aliphatic heterocycles. The maximum atomic E-state index is 13.2. The highest BCUT2D eigenvalue weighted by atomic mass is 32.1. The maximum absolute atomic E-state index is 13.2. The minimum Gasteiger partial charge on any atom is -0.507 e. The van der Waals surface area contributed by atoms with E-state index in [2.05, 4.69) is 4.98 Å². The highest BCUT2D eigenvalue weighted by Crippen LogP contribution is 2.44. The van der Waals surface area contributed by atoms with Gasteiger partial charge in [0.15, 0.2) is 5.13 Å². The second-order valence-electron chi connectivity index (χ2n) is 7.82. The largest absolute Gasteiger partial charge is 0.507 e. The molecule has 0 saturated carbocycles. The van der Waals surface area contributed by atoms with Crippen LogP contribution in [0.1, 0.15) is 28.7 Å². The second kappa shape index (κ2) is 7.90. The Morgan fingerprint density at radius 3 is 2.67 bits per heavy atom. The molecule has 3 heterocycles. The predicted octanol–water partition coefficient (Wildman–Crippen LogP) is 5.14. The SMILES string of the molecule is COc1cccc(C(O)=C2C(=O)C(=O)N(c3nc4ccc(C)cc4s3)C2c2ccc(C)o2)c1. The Balaban J connectivity index is 1.72. The van der Waals surface area contributed by atoms with E-state index in [1.807, 2.05) is 25.1 Å². The van der Waals surface area contributed by atoms with E-state index in [4.69, 9.17) is 9.15 Å². The van der Waals surface area contributed by atoms with Gasteiger partial charge in [0.25, 0.3) is 5.78 Å². The van der Waals surface area contributed by atoms with E-state index in [0.29, 0.717) is 28.0 Å². The van der Waals surface area contributed by atoms with Crippen LogP contribution < -0.4 is 9.64 Å². The van der Waals surface area contributed by atoms with Gasteiger partial charge in [-0.2, -0.15) is 0 Å². The van der Waals surface area contributed by atoms with Crippen LogP contribution in [0, 0.1) is 13.8 Å². The third-order valence-corrected chi connectivity index (χ3v) is 6.57. The van der Waals surface area contributed by atoms with Gasteiger partial charge >= 0.3 is 5.91 Å². The van der Waals surface area contributed by atoms with Gasteiger partial charge in [-0.25, -0.2) is 4.98 Å². The molecule has 0 bridgehead atoms. The van der Waals surface area contributed by atoms with E-state index in [-0.39, 0.29) is 11.3 Å². The average Bonchev–Trinajstić information content (AvgIpc) is 3.49. The van der Waals surface area contributed by atoms with Crippen LogP contribution >= 0.6 is 11.3 Å². The number of ether oxygens (including phenoxy) is 1. The van der Waals surface area contributed by atoms with E-state index in [9.17, 15) is 14.7 Å². The number of rotatable bonds is 4. The summed E-state index contributed by atoms with van der Waals surface area (Å²) in [7, 11) is 1.51. The molecule has 1 N–H and O–H groups in total. The Labute approximate surface area is 193 Å². The molecule has 2 aromatic heterocycles. The Kier molecular flexibility index (Phi) is 5.02. The molecule has 33 heavy (non-hydrogen) atoms. The lowest BCUT2D eigenvalue weighted by atomic mass is 9.99.